The molecule has 5 nitrogen and oxygen atoms in total. The molecule has 0 aromatic carbocycles. The average molecular weight is 451 g/mol. The van der Waals surface area contributed by atoms with Crippen molar-refractivity contribution in [2.24, 2.45) is 22.7 Å². The Hall–Kier alpha value is -1.44. The Morgan fingerprint density at radius 1 is 1.22 bits per heavy atom. The molecule has 0 spiro atoms. The van der Waals surface area contributed by atoms with Gasteiger partial charge in [0.2, 0.25) is 0 Å². The summed E-state index contributed by atoms with van der Waals surface area (Å²) in [4.78, 5) is 25.3. The smallest absolute Gasteiger partial charge is 0.178 e. The second-order valence-corrected chi connectivity index (χ2v) is 11.2. The van der Waals surface area contributed by atoms with Crippen LogP contribution >= 0.6 is 0 Å². The van der Waals surface area contributed by atoms with Crippen molar-refractivity contribution < 1.29 is 33.0 Å². The molecule has 5 rings (SSSR count). The van der Waals surface area contributed by atoms with Gasteiger partial charge in [-0.3, -0.25) is 9.59 Å². The van der Waals surface area contributed by atoms with Crippen LogP contribution in [0, 0.1) is 22.7 Å². The van der Waals surface area contributed by atoms with Gasteiger partial charge in [-0.15, -0.1) is 0 Å². The predicted molar refractivity (Wildman–Crippen MR) is 112 cm³/mol. The molecule has 7 heteroatoms. The minimum atomic E-state index is -2.17. The zero-order chi connectivity index (χ0) is 23.5. The molecule has 1 heterocycles. The Balaban J connectivity index is 1.66. The fourth-order valence-corrected chi connectivity index (χ4v) is 8.06. The summed E-state index contributed by atoms with van der Waals surface area (Å²) in [7, 11) is 0. The topological polar surface area (TPSA) is 72.8 Å². The van der Waals surface area contributed by atoms with E-state index in [1.165, 1.54) is 18.2 Å². The highest BCUT2D eigenvalue weighted by atomic mass is 19.1. The molecule has 0 aromatic rings. The van der Waals surface area contributed by atoms with Crippen LogP contribution in [-0.2, 0) is 19.1 Å². The minimum absolute atomic E-state index is 0.00600. The second kappa shape index (κ2) is 6.36. The minimum Gasteiger partial charge on any atom is -0.390 e. The molecule has 0 bridgehead atoms. The first-order valence-electron chi connectivity index (χ1n) is 11.6. The Morgan fingerprint density at radius 2 is 1.91 bits per heavy atom. The lowest BCUT2D eigenvalue weighted by molar-refractivity contribution is -0.248. The standard InChI is InChI=1S/C25H32F2O5/c1-6-18(29)25-20(31-21(2,3)32-25)11-14-15-10-17(26)16-9-13(28)7-8-22(16,4)24(15,27)19(30)12-23(14,25)5/h7-9,14-15,17,19-20,30H,6,10-12H2,1-5H3/t14-,15-,17-,19-,20+,22-,23-,24-,25+/m0/s1. The zero-order valence-corrected chi connectivity index (χ0v) is 19.3. The molecule has 1 saturated heterocycles. The summed E-state index contributed by atoms with van der Waals surface area (Å²) >= 11 is 0. The second-order valence-electron chi connectivity index (χ2n) is 11.2. The van der Waals surface area contributed by atoms with Crippen molar-refractivity contribution in [3.8, 4) is 0 Å². The summed E-state index contributed by atoms with van der Waals surface area (Å²) in [5.41, 5.74) is -5.74. The fraction of sp³-hybridized carbons (Fsp3) is 0.760. The molecule has 5 aliphatic rings. The average Bonchev–Trinajstić information content (AvgIpc) is 3.11. The normalized spacial score (nSPS) is 53.2. The van der Waals surface area contributed by atoms with Gasteiger partial charge in [-0.25, -0.2) is 8.78 Å². The van der Waals surface area contributed by atoms with E-state index in [0.717, 1.165) is 0 Å². The van der Waals surface area contributed by atoms with E-state index < -0.39 is 58.1 Å². The van der Waals surface area contributed by atoms with Crippen LogP contribution in [0.15, 0.2) is 23.8 Å². The molecule has 0 aromatic heterocycles. The van der Waals surface area contributed by atoms with Crippen LogP contribution in [0.3, 0.4) is 0 Å². The number of aliphatic hydroxyl groups excluding tert-OH is 1. The van der Waals surface area contributed by atoms with E-state index in [1.54, 1.807) is 27.7 Å². The number of carbonyl (C=O) groups is 2. The Labute approximate surface area is 187 Å². The summed E-state index contributed by atoms with van der Waals surface area (Å²) in [5, 5.41) is 11.4. The van der Waals surface area contributed by atoms with E-state index >= 15 is 8.78 Å². The lowest BCUT2D eigenvalue weighted by Gasteiger charge is -2.63. The molecule has 0 radical (unpaired) electrons. The quantitative estimate of drug-likeness (QED) is 0.693. The number of ether oxygens (including phenoxy) is 2. The number of rotatable bonds is 2. The number of alkyl halides is 2. The molecule has 4 fully saturated rings. The lowest BCUT2D eigenvalue weighted by Crippen LogP contribution is -2.70. The third-order valence-electron chi connectivity index (χ3n) is 9.36. The van der Waals surface area contributed by atoms with E-state index in [4.69, 9.17) is 9.47 Å². The molecule has 9 atom stereocenters. The number of Topliss-reactive ketones (excluding diaryl/α,β-unsaturated/α-hetero) is 1. The molecule has 0 amide bonds. The summed E-state index contributed by atoms with van der Waals surface area (Å²) in [6, 6.07) is 0. The third kappa shape index (κ3) is 2.33. The van der Waals surface area contributed by atoms with Gasteiger partial charge in [0.15, 0.2) is 28.6 Å². The third-order valence-corrected chi connectivity index (χ3v) is 9.36. The van der Waals surface area contributed by atoms with Crippen LogP contribution in [0.2, 0.25) is 0 Å². The fourth-order valence-electron chi connectivity index (χ4n) is 8.06. The van der Waals surface area contributed by atoms with Gasteiger partial charge < -0.3 is 14.6 Å². The van der Waals surface area contributed by atoms with Crippen molar-refractivity contribution in [2.75, 3.05) is 0 Å². The number of halogens is 2. The van der Waals surface area contributed by atoms with Gasteiger partial charge >= 0.3 is 0 Å². The molecule has 4 aliphatic carbocycles. The number of carbonyl (C=O) groups excluding carboxylic acids is 2. The van der Waals surface area contributed by atoms with Crippen LogP contribution in [0.25, 0.3) is 0 Å². The lowest BCUT2D eigenvalue weighted by atomic mass is 9.44. The Morgan fingerprint density at radius 3 is 2.56 bits per heavy atom. The number of hydrogen-bond acceptors (Lipinski definition) is 5. The highest BCUT2D eigenvalue weighted by Gasteiger charge is 2.80. The number of fused-ring (bicyclic) bond motifs is 7. The van der Waals surface area contributed by atoms with Crippen LogP contribution in [0.1, 0.15) is 60.3 Å². The molecule has 3 saturated carbocycles. The van der Waals surface area contributed by atoms with Gasteiger partial charge in [0, 0.05) is 23.2 Å². The van der Waals surface area contributed by atoms with E-state index in [9.17, 15) is 14.7 Å². The summed E-state index contributed by atoms with van der Waals surface area (Å²) < 4.78 is 45.2. The zero-order valence-electron chi connectivity index (χ0n) is 19.3. The molecule has 1 N–H and O–H groups in total. The molecule has 32 heavy (non-hydrogen) atoms. The van der Waals surface area contributed by atoms with E-state index in [1.807, 2.05) is 6.92 Å². The maximum Gasteiger partial charge on any atom is 0.178 e. The molecular formula is C25H32F2O5. The van der Waals surface area contributed by atoms with Crippen LogP contribution in [0.4, 0.5) is 8.78 Å². The van der Waals surface area contributed by atoms with E-state index in [0.29, 0.717) is 6.42 Å². The monoisotopic (exact) mass is 450 g/mol. The van der Waals surface area contributed by atoms with E-state index in [2.05, 4.69) is 0 Å². The van der Waals surface area contributed by atoms with Crippen molar-refractivity contribution in [1.82, 2.24) is 0 Å². The van der Waals surface area contributed by atoms with Crippen LogP contribution in [0.5, 0.6) is 0 Å². The molecule has 0 unspecified atom stereocenters. The van der Waals surface area contributed by atoms with Gasteiger partial charge in [0.05, 0.1) is 12.2 Å². The number of hydrogen-bond donors (Lipinski definition) is 1. The van der Waals surface area contributed by atoms with Crippen LogP contribution in [-0.4, -0.2) is 52.1 Å². The number of ketones is 2. The van der Waals surface area contributed by atoms with Gasteiger partial charge in [-0.1, -0.05) is 19.9 Å². The maximum absolute atomic E-state index is 17.2. The predicted octanol–water partition coefficient (Wildman–Crippen LogP) is 3.78. The van der Waals surface area contributed by atoms with Gasteiger partial charge in [-0.2, -0.15) is 0 Å². The highest BCUT2D eigenvalue weighted by Crippen LogP contribution is 2.72. The number of aliphatic hydroxyl groups is 1. The van der Waals surface area contributed by atoms with Crippen molar-refractivity contribution in [1.29, 1.82) is 0 Å². The highest BCUT2D eigenvalue weighted by molar-refractivity contribution is 6.01. The summed E-state index contributed by atoms with van der Waals surface area (Å²) in [6.45, 7) is 8.73. The van der Waals surface area contributed by atoms with Crippen molar-refractivity contribution in [2.45, 2.75) is 95.7 Å². The van der Waals surface area contributed by atoms with Gasteiger partial charge in [0.25, 0.3) is 0 Å². The van der Waals surface area contributed by atoms with Gasteiger partial charge in [-0.05, 0) is 63.7 Å². The first-order chi connectivity index (χ1) is 14.8. The first-order valence-corrected chi connectivity index (χ1v) is 11.6. The van der Waals surface area contributed by atoms with E-state index in [-0.39, 0.29) is 36.4 Å². The SMILES string of the molecule is CCC(=O)[C@@]12OC(C)(C)O[C@@H]1C[C@H]1[C@@H]3C[C@H](F)C4=CC(=O)C=C[C@]4(C)[C@@]3(F)[C@@H](O)C[C@@]12C. The van der Waals surface area contributed by atoms with Crippen molar-refractivity contribution >= 4 is 11.6 Å². The van der Waals surface area contributed by atoms with Crippen molar-refractivity contribution in [3.05, 3.63) is 23.8 Å². The summed E-state index contributed by atoms with van der Waals surface area (Å²) in [6.07, 6.45) is 0.754. The first kappa shape index (κ1) is 22.4. The van der Waals surface area contributed by atoms with Crippen LogP contribution < -0.4 is 0 Å². The molecule has 176 valence electrons. The van der Waals surface area contributed by atoms with Crippen molar-refractivity contribution in [3.63, 3.8) is 0 Å². The molecular weight excluding hydrogens is 418 g/mol. The molecule has 1 aliphatic heterocycles. The maximum atomic E-state index is 17.2. The summed E-state index contributed by atoms with van der Waals surface area (Å²) in [5.74, 6) is -2.75. The number of allylic oxidation sites excluding steroid dienone is 4. The Bertz CT molecular complexity index is 958. The van der Waals surface area contributed by atoms with Gasteiger partial charge in [0.1, 0.15) is 6.17 Å². The Kier molecular flexibility index (Phi) is 4.45. The largest absolute Gasteiger partial charge is 0.390 e.